The molecule has 0 amide bonds. The van der Waals surface area contributed by atoms with E-state index in [9.17, 15) is 21.6 Å². The Bertz CT molecular complexity index is 565. The molecule has 0 aliphatic carbocycles. The predicted octanol–water partition coefficient (Wildman–Crippen LogP) is 2.65. The Labute approximate surface area is 184 Å². The number of nitrogens with zero attached hydrogens (tertiary/aromatic N) is 2. The molecule has 0 spiro atoms. The van der Waals surface area contributed by atoms with Crippen molar-refractivity contribution in [2.45, 2.75) is 51.7 Å². The average Bonchev–Trinajstić information content (AvgIpc) is 2.53. The van der Waals surface area contributed by atoms with Crippen LogP contribution < -0.4 is 10.6 Å². The average molecular weight is 542 g/mol. The molecule has 0 saturated carbocycles. The first-order valence-corrected chi connectivity index (χ1v) is 11.6. The molecule has 1 unspecified atom stereocenters. The summed E-state index contributed by atoms with van der Waals surface area (Å²) in [6.07, 6.45) is -0.0356. The Balaban J connectivity index is 0.00000729. The third kappa shape index (κ3) is 13.8. The third-order valence-electron chi connectivity index (χ3n) is 4.57. The zero-order valence-corrected chi connectivity index (χ0v) is 20.0. The number of nitrogens with one attached hydrogen (secondary N) is 2. The van der Waals surface area contributed by atoms with Crippen LogP contribution in [0.3, 0.4) is 0 Å². The number of alkyl halides is 3. The lowest BCUT2D eigenvalue weighted by Gasteiger charge is -2.32. The molecule has 1 rings (SSSR count). The van der Waals surface area contributed by atoms with Gasteiger partial charge in [-0.3, -0.25) is 9.89 Å². The van der Waals surface area contributed by atoms with Crippen molar-refractivity contribution in [2.75, 3.05) is 44.7 Å². The molecule has 11 heteroatoms. The van der Waals surface area contributed by atoms with Crippen LogP contribution in [0.4, 0.5) is 13.2 Å². The first-order chi connectivity index (χ1) is 12.5. The topological polar surface area (TPSA) is 73.8 Å². The fourth-order valence-electron chi connectivity index (χ4n) is 3.06. The molecule has 2 N–H and O–H groups in total. The number of halogens is 4. The van der Waals surface area contributed by atoms with E-state index in [2.05, 4.69) is 15.6 Å². The van der Waals surface area contributed by atoms with E-state index in [0.29, 0.717) is 44.5 Å². The molecule has 1 heterocycles. The summed E-state index contributed by atoms with van der Waals surface area (Å²) in [5.41, 5.74) is 0. The van der Waals surface area contributed by atoms with E-state index in [4.69, 9.17) is 0 Å². The van der Waals surface area contributed by atoms with Crippen molar-refractivity contribution >= 4 is 39.8 Å². The molecule has 6 nitrogen and oxygen atoms in total. The molecule has 1 aliphatic heterocycles. The molecule has 28 heavy (non-hydrogen) atoms. The lowest BCUT2D eigenvalue weighted by molar-refractivity contribution is -0.148. The van der Waals surface area contributed by atoms with Gasteiger partial charge in [0, 0.05) is 25.4 Å². The van der Waals surface area contributed by atoms with Crippen LogP contribution in [0.1, 0.15) is 39.5 Å². The van der Waals surface area contributed by atoms with E-state index in [0.717, 1.165) is 19.3 Å². The molecule has 1 aliphatic rings. The summed E-state index contributed by atoms with van der Waals surface area (Å²) >= 11 is 0. The van der Waals surface area contributed by atoms with Crippen LogP contribution in [0.5, 0.6) is 0 Å². The van der Waals surface area contributed by atoms with Crippen molar-refractivity contribution in [2.24, 2.45) is 10.9 Å². The van der Waals surface area contributed by atoms with E-state index in [1.807, 2.05) is 13.8 Å². The number of hydrogen-bond acceptors (Lipinski definition) is 4. The van der Waals surface area contributed by atoms with Gasteiger partial charge in [-0.1, -0.05) is 0 Å². The second kappa shape index (κ2) is 13.1. The van der Waals surface area contributed by atoms with Gasteiger partial charge < -0.3 is 10.6 Å². The highest BCUT2D eigenvalue weighted by Crippen LogP contribution is 2.24. The van der Waals surface area contributed by atoms with Gasteiger partial charge in [0.1, 0.15) is 9.84 Å². The van der Waals surface area contributed by atoms with E-state index >= 15 is 0 Å². The molecule has 0 aromatic heterocycles. The maximum atomic E-state index is 12.4. The Kier molecular flexibility index (Phi) is 13.0. The molecule has 1 fully saturated rings. The number of sulfone groups is 1. The van der Waals surface area contributed by atoms with Crippen molar-refractivity contribution < 1.29 is 21.6 Å². The Hall–Kier alpha value is -0.300. The van der Waals surface area contributed by atoms with Gasteiger partial charge in [-0.05, 0) is 58.5 Å². The molecule has 1 saturated heterocycles. The lowest BCUT2D eigenvalue weighted by Crippen LogP contribution is -2.43. The zero-order valence-electron chi connectivity index (χ0n) is 16.9. The quantitative estimate of drug-likeness (QED) is 0.266. The van der Waals surface area contributed by atoms with Gasteiger partial charge in [0.2, 0.25) is 0 Å². The van der Waals surface area contributed by atoms with Crippen molar-refractivity contribution in [3.05, 3.63) is 0 Å². The van der Waals surface area contributed by atoms with Crippen LogP contribution in [0.2, 0.25) is 0 Å². The van der Waals surface area contributed by atoms with Crippen LogP contribution in [-0.2, 0) is 9.84 Å². The summed E-state index contributed by atoms with van der Waals surface area (Å²) in [4.78, 5) is 5.99. The Morgan fingerprint density at radius 2 is 1.89 bits per heavy atom. The molecule has 0 aromatic carbocycles. The maximum absolute atomic E-state index is 12.4. The molecule has 0 bridgehead atoms. The molecular weight excluding hydrogens is 508 g/mol. The van der Waals surface area contributed by atoms with Crippen LogP contribution in [0, 0.1) is 5.92 Å². The zero-order chi connectivity index (χ0) is 20.5. The first kappa shape index (κ1) is 27.7. The minimum Gasteiger partial charge on any atom is -0.357 e. The number of guanidine groups is 1. The van der Waals surface area contributed by atoms with Crippen LogP contribution in [0.15, 0.2) is 4.99 Å². The number of likely N-dealkylation sites (tertiary alicyclic amines) is 1. The van der Waals surface area contributed by atoms with E-state index in [-0.39, 0.29) is 35.8 Å². The van der Waals surface area contributed by atoms with E-state index in [1.54, 1.807) is 0 Å². The Morgan fingerprint density at radius 1 is 1.29 bits per heavy atom. The van der Waals surface area contributed by atoms with Crippen molar-refractivity contribution in [3.8, 4) is 0 Å². The summed E-state index contributed by atoms with van der Waals surface area (Å²) in [5.74, 6) is 1.16. The van der Waals surface area contributed by atoms with Gasteiger partial charge in [0.05, 0.1) is 12.3 Å². The van der Waals surface area contributed by atoms with Gasteiger partial charge in [0.25, 0.3) is 0 Å². The summed E-state index contributed by atoms with van der Waals surface area (Å²) in [6.45, 7) is 5.29. The smallest absolute Gasteiger partial charge is 0.357 e. The second-order valence-corrected chi connectivity index (χ2v) is 9.61. The SMILES string of the molecule is CCNC(=NCCC1CCN(CC(F)(F)F)CC1)NC(C)CCS(C)(=O)=O.I. The largest absolute Gasteiger partial charge is 0.401 e. The maximum Gasteiger partial charge on any atom is 0.401 e. The predicted molar refractivity (Wildman–Crippen MR) is 118 cm³/mol. The fourth-order valence-corrected chi connectivity index (χ4v) is 3.84. The van der Waals surface area contributed by atoms with Crippen molar-refractivity contribution in [1.82, 2.24) is 15.5 Å². The van der Waals surface area contributed by atoms with Gasteiger partial charge in [-0.2, -0.15) is 13.2 Å². The third-order valence-corrected chi connectivity index (χ3v) is 5.54. The number of hydrogen-bond donors (Lipinski definition) is 2. The number of rotatable bonds is 9. The normalized spacial score (nSPS) is 18.4. The Morgan fingerprint density at radius 3 is 2.39 bits per heavy atom. The molecule has 168 valence electrons. The summed E-state index contributed by atoms with van der Waals surface area (Å²) in [6, 6.07) is -0.0249. The van der Waals surface area contributed by atoms with E-state index in [1.165, 1.54) is 11.2 Å². The molecule has 1 atom stereocenters. The highest BCUT2D eigenvalue weighted by atomic mass is 127. The minimum absolute atomic E-state index is 0. The standard InChI is InChI=1S/C17H33F3N4O2S.HI/c1-4-21-16(23-14(2)8-12-27(3,25)26)22-9-5-15-6-10-24(11-7-15)13-17(18,19)20;/h14-15H,4-13H2,1-3H3,(H2,21,22,23);1H. The van der Waals surface area contributed by atoms with Gasteiger partial charge in [-0.15, -0.1) is 24.0 Å². The second-order valence-electron chi connectivity index (χ2n) is 7.35. The molecule has 0 radical (unpaired) electrons. The lowest BCUT2D eigenvalue weighted by atomic mass is 9.93. The highest BCUT2D eigenvalue weighted by Gasteiger charge is 2.32. The number of aliphatic imine (C=N–C) groups is 1. The fraction of sp³-hybridized carbons (Fsp3) is 0.941. The summed E-state index contributed by atoms with van der Waals surface area (Å²) in [7, 11) is -2.99. The first-order valence-electron chi connectivity index (χ1n) is 9.50. The van der Waals surface area contributed by atoms with Crippen LogP contribution in [0.25, 0.3) is 0 Å². The summed E-state index contributed by atoms with van der Waals surface area (Å²) < 4.78 is 59.8. The minimum atomic E-state index is -4.13. The van der Waals surface area contributed by atoms with E-state index < -0.39 is 22.6 Å². The van der Waals surface area contributed by atoms with Gasteiger partial charge >= 0.3 is 6.18 Å². The monoisotopic (exact) mass is 542 g/mol. The number of piperidine rings is 1. The summed E-state index contributed by atoms with van der Waals surface area (Å²) in [5, 5.41) is 6.34. The van der Waals surface area contributed by atoms with Crippen LogP contribution in [-0.4, -0.2) is 76.2 Å². The van der Waals surface area contributed by atoms with Crippen LogP contribution >= 0.6 is 24.0 Å². The highest BCUT2D eigenvalue weighted by molar-refractivity contribution is 14.0. The molecule has 0 aromatic rings. The molecular formula is C17H34F3IN4O2S. The van der Waals surface area contributed by atoms with Crippen molar-refractivity contribution in [3.63, 3.8) is 0 Å². The van der Waals surface area contributed by atoms with Gasteiger partial charge in [-0.25, -0.2) is 8.42 Å². The van der Waals surface area contributed by atoms with Gasteiger partial charge in [0.15, 0.2) is 5.96 Å². The van der Waals surface area contributed by atoms with Crippen molar-refractivity contribution in [1.29, 1.82) is 0 Å².